The van der Waals surface area contributed by atoms with Crippen LogP contribution in [0.3, 0.4) is 0 Å². The Morgan fingerprint density at radius 3 is 2.17 bits per heavy atom. The Bertz CT molecular complexity index is 30.7. The lowest BCUT2D eigenvalue weighted by atomic mass is 11.3. The Morgan fingerprint density at radius 1 is 1.67 bits per heavy atom. The highest BCUT2D eigenvalue weighted by Gasteiger charge is 1.82. The molecule has 6 heavy (non-hydrogen) atoms. The fraction of sp³-hybridized carbons (Fsp3) is 1.00. The van der Waals surface area contributed by atoms with Gasteiger partial charge in [-0.25, -0.2) is 0 Å². The lowest BCUT2D eigenvalue weighted by molar-refractivity contribution is 0.656. The molecule has 2 nitrogen and oxygen atoms in total. The van der Waals surface area contributed by atoms with Crippen LogP contribution < -0.4 is 4.65 Å². The molecular formula is C2H7N2Si2. The Kier molecular flexibility index (Phi) is 3.75. The molecule has 0 amide bonds. The average Bonchev–Trinajstić information content (AvgIpc) is 1.35. The van der Waals surface area contributed by atoms with Gasteiger partial charge in [-0.2, -0.15) is 0 Å². The third-order valence-corrected chi connectivity index (χ3v) is 1.17. The van der Waals surface area contributed by atoms with Crippen molar-refractivity contribution in [3.05, 3.63) is 0 Å². The number of rotatable bonds is 2. The van der Waals surface area contributed by atoms with Crippen LogP contribution in [0.5, 0.6) is 0 Å². The molecule has 4 heteroatoms. The smallest absolute Gasteiger partial charge is 0.239 e. The predicted octanol–water partition coefficient (Wildman–Crippen LogP) is -1.24. The van der Waals surface area contributed by atoms with E-state index < -0.39 is 0 Å². The standard InChI is InChI=1S/C2H7N2Si2/c1-4(2)6-3-5/h3H,1-2H3. The van der Waals surface area contributed by atoms with Crippen molar-refractivity contribution < 1.29 is 0 Å². The first-order valence-corrected chi connectivity index (χ1v) is 3.07. The van der Waals surface area contributed by atoms with Gasteiger partial charge in [0, 0.05) is 0 Å². The van der Waals surface area contributed by atoms with E-state index in [2.05, 4.69) is 15.1 Å². The summed E-state index contributed by atoms with van der Waals surface area (Å²) in [4.78, 5) is 0. The van der Waals surface area contributed by atoms with E-state index in [4.69, 9.17) is 0 Å². The molecule has 0 aromatic rings. The molecule has 0 aromatic carbocycles. The molecule has 0 saturated carbocycles. The van der Waals surface area contributed by atoms with Gasteiger partial charge < -0.3 is 9.21 Å². The molecule has 0 aliphatic heterocycles. The number of hydrogen-bond donors (Lipinski definition) is 1. The lowest BCUT2D eigenvalue weighted by Gasteiger charge is -2.02. The summed E-state index contributed by atoms with van der Waals surface area (Å²) in [5.41, 5.74) is 0. The largest absolute Gasteiger partial charge is 0.351 e. The summed E-state index contributed by atoms with van der Waals surface area (Å²) >= 11 is 0. The van der Waals surface area contributed by atoms with Crippen molar-refractivity contribution in [1.82, 2.24) is 9.21 Å². The van der Waals surface area contributed by atoms with Gasteiger partial charge in [0.1, 0.15) is 10.4 Å². The minimum Gasteiger partial charge on any atom is -0.351 e. The molecule has 0 heterocycles. The van der Waals surface area contributed by atoms with E-state index in [-0.39, 0.29) is 0 Å². The van der Waals surface area contributed by atoms with Crippen molar-refractivity contribution in [2.24, 2.45) is 0 Å². The minimum atomic E-state index is 0.668. The summed E-state index contributed by atoms with van der Waals surface area (Å²) in [5.74, 6) is 0. The molecule has 0 rings (SSSR count). The van der Waals surface area contributed by atoms with Gasteiger partial charge in [0.05, 0.1) is 0 Å². The second kappa shape index (κ2) is 3.54. The highest BCUT2D eigenvalue weighted by Crippen LogP contribution is 1.56. The maximum Gasteiger partial charge on any atom is 0.239 e. The molecule has 0 spiro atoms. The van der Waals surface area contributed by atoms with Gasteiger partial charge in [-0.3, -0.25) is 0 Å². The molecule has 5 radical (unpaired) electrons. The Labute approximate surface area is 44.4 Å². The second-order valence-corrected chi connectivity index (χ2v) is 3.25. The van der Waals surface area contributed by atoms with Crippen LogP contribution >= 0.6 is 0 Å². The van der Waals surface area contributed by atoms with Gasteiger partial charge >= 0.3 is 0 Å². The van der Waals surface area contributed by atoms with E-state index in [9.17, 15) is 0 Å². The first-order valence-electron chi connectivity index (χ1n) is 1.62. The lowest BCUT2D eigenvalue weighted by Crippen LogP contribution is -2.30. The van der Waals surface area contributed by atoms with Crippen LogP contribution in [0.25, 0.3) is 0 Å². The zero-order chi connectivity index (χ0) is 4.99. The van der Waals surface area contributed by atoms with E-state index in [1.54, 1.807) is 0 Å². The molecule has 0 aliphatic carbocycles. The average molecular weight is 115 g/mol. The molecule has 1 N–H and O–H groups in total. The van der Waals surface area contributed by atoms with Crippen LogP contribution in [0.2, 0.25) is 0 Å². The third kappa shape index (κ3) is 4.35. The van der Waals surface area contributed by atoms with E-state index in [0.717, 1.165) is 0 Å². The van der Waals surface area contributed by atoms with Crippen molar-refractivity contribution in [3.63, 3.8) is 0 Å². The quantitative estimate of drug-likeness (QED) is 0.453. The Balaban J connectivity index is 2.63. The summed E-state index contributed by atoms with van der Waals surface area (Å²) in [6, 6.07) is 0. The van der Waals surface area contributed by atoms with Crippen LogP contribution in [0.15, 0.2) is 0 Å². The van der Waals surface area contributed by atoms with Crippen LogP contribution in [0.4, 0.5) is 0 Å². The normalized spacial score (nSPS) is 10.0. The first-order chi connectivity index (χ1) is 2.77. The van der Waals surface area contributed by atoms with E-state index in [1.807, 2.05) is 18.7 Å². The molecule has 0 fully saturated rings. The number of hydrogen-bond acceptors (Lipinski definition) is 2. The summed E-state index contributed by atoms with van der Waals surface area (Å²) in [6.07, 6.45) is 0. The van der Waals surface area contributed by atoms with Crippen molar-refractivity contribution in [2.45, 2.75) is 0 Å². The molecular weight excluding hydrogens is 108 g/mol. The van der Waals surface area contributed by atoms with Crippen molar-refractivity contribution in [2.75, 3.05) is 14.1 Å². The van der Waals surface area contributed by atoms with Crippen LogP contribution in [0.1, 0.15) is 0 Å². The maximum atomic E-state index is 3.11. The molecule has 0 aliphatic rings. The van der Waals surface area contributed by atoms with Gasteiger partial charge in [0.15, 0.2) is 0 Å². The number of nitrogens with one attached hydrogen (secondary N) is 1. The SMILES string of the molecule is CN(C)[Si]N[Si]. The van der Waals surface area contributed by atoms with E-state index in [0.29, 0.717) is 9.84 Å². The van der Waals surface area contributed by atoms with Crippen molar-refractivity contribution in [3.8, 4) is 0 Å². The molecule has 0 aromatic heterocycles. The number of nitrogens with zero attached hydrogens (tertiary/aromatic N) is 1. The summed E-state index contributed by atoms with van der Waals surface area (Å²) in [6.45, 7) is 0. The first kappa shape index (κ1) is 6.35. The Hall–Kier alpha value is 0.354. The highest BCUT2D eigenvalue weighted by molar-refractivity contribution is 6.39. The van der Waals surface area contributed by atoms with Crippen LogP contribution in [-0.2, 0) is 0 Å². The van der Waals surface area contributed by atoms with Gasteiger partial charge in [0.2, 0.25) is 9.84 Å². The van der Waals surface area contributed by atoms with Gasteiger partial charge in [-0.05, 0) is 14.1 Å². The monoisotopic (exact) mass is 115 g/mol. The van der Waals surface area contributed by atoms with Crippen LogP contribution in [0, 0.1) is 0 Å². The molecule has 33 valence electrons. The zero-order valence-electron chi connectivity index (χ0n) is 3.95. The fourth-order valence-corrected chi connectivity index (χ4v) is 1.01. The summed E-state index contributed by atoms with van der Waals surface area (Å²) in [7, 11) is 7.79. The van der Waals surface area contributed by atoms with Crippen molar-refractivity contribution in [1.29, 1.82) is 0 Å². The minimum absolute atomic E-state index is 0.668. The summed E-state index contributed by atoms with van der Waals surface area (Å²) in [5, 5.41) is 0. The highest BCUT2D eigenvalue weighted by atomic mass is 28.3. The second-order valence-electron chi connectivity index (χ2n) is 1.13. The van der Waals surface area contributed by atoms with E-state index >= 15 is 0 Å². The molecule has 0 unspecified atom stereocenters. The van der Waals surface area contributed by atoms with E-state index in [1.165, 1.54) is 0 Å². The molecule has 0 atom stereocenters. The van der Waals surface area contributed by atoms with Gasteiger partial charge in [-0.1, -0.05) is 0 Å². The third-order valence-electron chi connectivity index (χ3n) is 0.280. The zero-order valence-corrected chi connectivity index (χ0v) is 5.95. The fourth-order valence-electron chi connectivity index (χ4n) is 0.112. The Morgan fingerprint density at radius 2 is 2.17 bits per heavy atom. The predicted molar refractivity (Wildman–Crippen MR) is 28.3 cm³/mol. The van der Waals surface area contributed by atoms with Crippen molar-refractivity contribution >= 4 is 20.2 Å². The van der Waals surface area contributed by atoms with Gasteiger partial charge in [0.25, 0.3) is 0 Å². The molecule has 0 saturated heterocycles. The van der Waals surface area contributed by atoms with Crippen LogP contribution in [-0.4, -0.2) is 38.9 Å². The summed E-state index contributed by atoms with van der Waals surface area (Å²) < 4.78 is 4.88. The molecule has 0 bridgehead atoms. The topological polar surface area (TPSA) is 15.3 Å². The maximum absolute atomic E-state index is 3.11. The van der Waals surface area contributed by atoms with Gasteiger partial charge in [-0.15, -0.1) is 0 Å².